The molecule has 5 aliphatic rings. The average molecular weight is 368 g/mol. The van der Waals surface area contributed by atoms with Crippen molar-refractivity contribution in [3.8, 4) is 5.75 Å². The van der Waals surface area contributed by atoms with E-state index in [-0.39, 0.29) is 23.3 Å². The molecule has 1 atom stereocenters. The zero-order valence-electron chi connectivity index (χ0n) is 15.9. The molecule has 4 saturated carbocycles. The van der Waals surface area contributed by atoms with Gasteiger partial charge in [-0.2, -0.15) is 0 Å². The second-order valence-electron chi connectivity index (χ2n) is 9.27. The zero-order valence-corrected chi connectivity index (χ0v) is 15.9. The van der Waals surface area contributed by atoms with E-state index in [0.717, 1.165) is 48.5 Å². The normalized spacial score (nSPS) is 36.9. The Morgan fingerprint density at radius 3 is 2.22 bits per heavy atom. The lowest BCUT2D eigenvalue weighted by molar-refractivity contribution is -0.146. The predicted molar refractivity (Wildman–Crippen MR) is 102 cm³/mol. The minimum atomic E-state index is -0.147. The number of ether oxygens (including phenoxy) is 1. The molecule has 2 amide bonds. The first-order valence-corrected chi connectivity index (χ1v) is 10.3. The number of hydrogen-bond donors (Lipinski definition) is 1. The quantitative estimate of drug-likeness (QED) is 0.888. The molecule has 27 heavy (non-hydrogen) atoms. The van der Waals surface area contributed by atoms with E-state index >= 15 is 0 Å². The number of nitrogens with zero attached hydrogens (tertiary/aromatic N) is 1. The third kappa shape index (κ3) is 2.91. The summed E-state index contributed by atoms with van der Waals surface area (Å²) in [5.74, 6) is 3.33. The molecule has 0 unspecified atom stereocenters. The third-order valence-corrected chi connectivity index (χ3v) is 7.36. The maximum atomic E-state index is 13.2. The largest absolute Gasteiger partial charge is 0.497 e. The number of benzene rings is 1. The number of carbonyl (C=O) groups is 2. The number of anilines is 1. The van der Waals surface area contributed by atoms with Gasteiger partial charge < -0.3 is 15.0 Å². The van der Waals surface area contributed by atoms with E-state index in [2.05, 4.69) is 5.32 Å². The van der Waals surface area contributed by atoms with Gasteiger partial charge in [0.05, 0.1) is 13.2 Å². The van der Waals surface area contributed by atoms with Crippen molar-refractivity contribution in [1.82, 2.24) is 5.32 Å². The van der Waals surface area contributed by atoms with Crippen molar-refractivity contribution in [2.24, 2.45) is 23.2 Å². The van der Waals surface area contributed by atoms with Crippen LogP contribution in [0.1, 0.15) is 44.9 Å². The fourth-order valence-corrected chi connectivity index (χ4v) is 6.54. The first kappa shape index (κ1) is 17.1. The van der Waals surface area contributed by atoms with Gasteiger partial charge in [0.25, 0.3) is 0 Å². The van der Waals surface area contributed by atoms with Crippen LogP contribution in [0.25, 0.3) is 0 Å². The van der Waals surface area contributed by atoms with Gasteiger partial charge in [-0.15, -0.1) is 0 Å². The van der Waals surface area contributed by atoms with E-state index in [1.165, 1.54) is 19.3 Å². The van der Waals surface area contributed by atoms with Gasteiger partial charge in [-0.25, -0.2) is 0 Å². The Balaban J connectivity index is 1.26. The van der Waals surface area contributed by atoms with Crippen LogP contribution in [0.5, 0.6) is 5.75 Å². The van der Waals surface area contributed by atoms with Crippen LogP contribution in [0.15, 0.2) is 24.3 Å². The molecule has 1 N–H and O–H groups in total. The molecule has 0 aromatic heterocycles. The zero-order chi connectivity index (χ0) is 18.6. The molecule has 1 aliphatic heterocycles. The molecule has 6 rings (SSSR count). The van der Waals surface area contributed by atoms with Gasteiger partial charge in [-0.3, -0.25) is 9.59 Å². The predicted octanol–water partition coefficient (Wildman–Crippen LogP) is 3.13. The molecule has 1 aromatic carbocycles. The highest BCUT2D eigenvalue weighted by molar-refractivity contribution is 5.97. The first-order valence-electron chi connectivity index (χ1n) is 10.3. The minimum absolute atomic E-state index is 0.0796. The highest BCUT2D eigenvalue weighted by Crippen LogP contribution is 2.60. The topological polar surface area (TPSA) is 58.6 Å². The van der Waals surface area contributed by atoms with Crippen molar-refractivity contribution >= 4 is 17.5 Å². The van der Waals surface area contributed by atoms with Gasteiger partial charge in [0.1, 0.15) is 5.75 Å². The molecule has 4 aliphatic carbocycles. The molecule has 4 bridgehead atoms. The van der Waals surface area contributed by atoms with Crippen LogP contribution in [-0.4, -0.2) is 31.5 Å². The number of carbonyl (C=O) groups excluding carboxylic acids is 2. The lowest BCUT2D eigenvalue weighted by Crippen LogP contribution is -2.55. The van der Waals surface area contributed by atoms with E-state index < -0.39 is 0 Å². The van der Waals surface area contributed by atoms with Gasteiger partial charge in [0, 0.05) is 24.1 Å². The molecule has 1 aromatic rings. The molecule has 0 spiro atoms. The lowest BCUT2D eigenvalue weighted by Gasteiger charge is -2.55. The third-order valence-electron chi connectivity index (χ3n) is 7.36. The number of amides is 2. The number of hydrogen-bond acceptors (Lipinski definition) is 3. The molecule has 0 radical (unpaired) electrons. The van der Waals surface area contributed by atoms with E-state index in [1.807, 2.05) is 24.3 Å². The van der Waals surface area contributed by atoms with Crippen molar-refractivity contribution in [3.05, 3.63) is 24.3 Å². The van der Waals surface area contributed by atoms with Gasteiger partial charge >= 0.3 is 0 Å². The Hall–Kier alpha value is -2.04. The molecule has 1 heterocycles. The highest BCUT2D eigenvalue weighted by atomic mass is 16.5. The minimum Gasteiger partial charge on any atom is -0.497 e. The summed E-state index contributed by atoms with van der Waals surface area (Å²) in [4.78, 5) is 27.5. The molecule has 5 heteroatoms. The van der Waals surface area contributed by atoms with E-state index in [9.17, 15) is 9.59 Å². The first-order chi connectivity index (χ1) is 13.0. The van der Waals surface area contributed by atoms with Gasteiger partial charge in [0.2, 0.25) is 11.8 Å². The van der Waals surface area contributed by atoms with Crippen LogP contribution >= 0.6 is 0 Å². The fourth-order valence-electron chi connectivity index (χ4n) is 6.54. The summed E-state index contributed by atoms with van der Waals surface area (Å²) in [6, 6.07) is 7.45. The van der Waals surface area contributed by atoms with Crippen molar-refractivity contribution in [2.75, 3.05) is 18.6 Å². The molecule has 144 valence electrons. The van der Waals surface area contributed by atoms with Gasteiger partial charge in [-0.05, 0) is 80.5 Å². The lowest BCUT2D eigenvalue weighted by atomic mass is 9.49. The van der Waals surface area contributed by atoms with Gasteiger partial charge in [-0.1, -0.05) is 0 Å². The SMILES string of the molecule is COc1ccc(N2C[C@@H](NC(=O)C34CC5CC(CC(C5)C3)C4)CC2=O)cc1. The Morgan fingerprint density at radius 1 is 1.07 bits per heavy atom. The van der Waals surface area contributed by atoms with Crippen LogP contribution in [0.3, 0.4) is 0 Å². The summed E-state index contributed by atoms with van der Waals surface area (Å²) in [6.07, 6.45) is 7.58. The summed E-state index contributed by atoms with van der Waals surface area (Å²) in [5.41, 5.74) is 0.720. The second kappa shape index (κ2) is 6.25. The molecule has 1 saturated heterocycles. The summed E-state index contributed by atoms with van der Waals surface area (Å²) in [5, 5.41) is 3.26. The summed E-state index contributed by atoms with van der Waals surface area (Å²) in [6.45, 7) is 0.559. The average Bonchev–Trinajstić information content (AvgIpc) is 3.01. The Kier molecular flexibility index (Phi) is 3.95. The van der Waals surface area contributed by atoms with Crippen molar-refractivity contribution in [2.45, 2.75) is 51.0 Å². The monoisotopic (exact) mass is 368 g/mol. The van der Waals surface area contributed by atoms with E-state index in [4.69, 9.17) is 4.74 Å². The summed E-state index contributed by atoms with van der Waals surface area (Å²) < 4.78 is 5.19. The Labute approximate surface area is 160 Å². The fraction of sp³-hybridized carbons (Fsp3) is 0.636. The number of rotatable bonds is 4. The van der Waals surface area contributed by atoms with Crippen molar-refractivity contribution < 1.29 is 14.3 Å². The van der Waals surface area contributed by atoms with Gasteiger partial charge in [0.15, 0.2) is 0 Å². The summed E-state index contributed by atoms with van der Waals surface area (Å²) >= 11 is 0. The van der Waals surface area contributed by atoms with Crippen LogP contribution in [0.2, 0.25) is 0 Å². The standard InChI is InChI=1S/C22H28N2O3/c1-27-19-4-2-18(3-5-19)24-13-17(9-20(24)25)23-21(26)22-10-14-6-15(11-22)8-16(7-14)12-22/h2-5,14-17H,6-13H2,1H3,(H,23,26)/t14?,15?,16?,17-,22?/m0/s1. The molecular weight excluding hydrogens is 340 g/mol. The second-order valence-corrected chi connectivity index (χ2v) is 9.27. The van der Waals surface area contributed by atoms with Crippen LogP contribution in [-0.2, 0) is 9.59 Å². The van der Waals surface area contributed by atoms with Crippen LogP contribution < -0.4 is 15.0 Å². The molecular formula is C22H28N2O3. The summed E-state index contributed by atoms with van der Waals surface area (Å²) in [7, 11) is 1.63. The van der Waals surface area contributed by atoms with Crippen molar-refractivity contribution in [3.63, 3.8) is 0 Å². The van der Waals surface area contributed by atoms with Crippen LogP contribution in [0.4, 0.5) is 5.69 Å². The number of methoxy groups -OCH3 is 1. The maximum Gasteiger partial charge on any atom is 0.229 e. The van der Waals surface area contributed by atoms with E-state index in [0.29, 0.717) is 13.0 Å². The smallest absolute Gasteiger partial charge is 0.229 e. The molecule has 5 fully saturated rings. The van der Waals surface area contributed by atoms with Crippen molar-refractivity contribution in [1.29, 1.82) is 0 Å². The highest BCUT2D eigenvalue weighted by Gasteiger charge is 2.55. The molecule has 5 nitrogen and oxygen atoms in total. The maximum absolute atomic E-state index is 13.2. The Morgan fingerprint density at radius 2 is 1.67 bits per heavy atom. The Bertz CT molecular complexity index is 722. The van der Waals surface area contributed by atoms with Crippen LogP contribution in [0, 0.1) is 23.2 Å². The number of nitrogens with one attached hydrogen (secondary N) is 1. The van der Waals surface area contributed by atoms with E-state index in [1.54, 1.807) is 12.0 Å².